The lowest BCUT2D eigenvalue weighted by Crippen LogP contribution is -2.37. The Balaban J connectivity index is 1.25. The molecule has 5 aromatic rings. The lowest BCUT2D eigenvalue weighted by molar-refractivity contribution is 0.112. The van der Waals surface area contributed by atoms with Crippen molar-refractivity contribution in [1.29, 1.82) is 0 Å². The van der Waals surface area contributed by atoms with Crippen LogP contribution < -0.4 is 14.4 Å². The maximum atomic E-state index is 11.7. The fraction of sp³-hybridized carbons (Fsp3) is 0.250. The number of sulfone groups is 1. The van der Waals surface area contributed by atoms with Gasteiger partial charge in [0.2, 0.25) is 0 Å². The number of H-pyrrole nitrogens is 1. The van der Waals surface area contributed by atoms with Crippen molar-refractivity contribution in [3.05, 3.63) is 91.0 Å². The van der Waals surface area contributed by atoms with Crippen LogP contribution in [-0.2, 0) is 9.84 Å². The average molecular weight is 559 g/mol. The van der Waals surface area contributed by atoms with Crippen LogP contribution in [0.15, 0.2) is 95.9 Å². The molecule has 5 rings (SSSR count). The standard InChI is InChI=1S/C32H34N2O5S/c1-22(2)19-34(23-11-13-25(14-12-23)39-26-15-17-27(18-16-26)40(3,36)37)20-24(35)21-38-31-10-6-9-30-32(31)28-7-4-5-8-29(28)33-30/h4-18,22,24,33,35H,19-21H2,1-3H3/t24-/m0/s1. The van der Waals surface area contributed by atoms with Gasteiger partial charge < -0.3 is 24.5 Å². The zero-order valence-electron chi connectivity index (χ0n) is 22.9. The zero-order chi connectivity index (χ0) is 28.3. The lowest BCUT2D eigenvalue weighted by Gasteiger charge is -2.29. The highest BCUT2D eigenvalue weighted by molar-refractivity contribution is 7.90. The molecule has 0 aliphatic carbocycles. The Morgan fingerprint density at radius 3 is 2.15 bits per heavy atom. The first-order valence-electron chi connectivity index (χ1n) is 13.3. The van der Waals surface area contributed by atoms with Gasteiger partial charge in [0.15, 0.2) is 9.84 Å². The van der Waals surface area contributed by atoms with Crippen molar-refractivity contribution in [2.24, 2.45) is 5.92 Å². The highest BCUT2D eigenvalue weighted by Crippen LogP contribution is 2.33. The Bertz CT molecular complexity index is 1690. The number of hydrogen-bond donors (Lipinski definition) is 2. The molecule has 4 aromatic carbocycles. The van der Waals surface area contributed by atoms with E-state index >= 15 is 0 Å². The number of aromatic nitrogens is 1. The highest BCUT2D eigenvalue weighted by Gasteiger charge is 2.17. The molecule has 40 heavy (non-hydrogen) atoms. The van der Waals surface area contributed by atoms with Crippen molar-refractivity contribution < 1.29 is 23.0 Å². The molecule has 0 aliphatic rings. The minimum atomic E-state index is -3.26. The van der Waals surface area contributed by atoms with Gasteiger partial charge in [-0.3, -0.25) is 0 Å². The number of para-hydroxylation sites is 1. The molecule has 208 valence electrons. The predicted octanol–water partition coefficient (Wildman–Crippen LogP) is 6.42. The van der Waals surface area contributed by atoms with E-state index in [1.807, 2.05) is 60.7 Å². The first kappa shape index (κ1) is 27.6. The van der Waals surface area contributed by atoms with Crippen LogP contribution in [0.4, 0.5) is 5.69 Å². The van der Waals surface area contributed by atoms with Crippen LogP contribution in [0.25, 0.3) is 21.8 Å². The molecule has 0 aliphatic heterocycles. The Morgan fingerprint density at radius 2 is 1.48 bits per heavy atom. The summed E-state index contributed by atoms with van der Waals surface area (Å²) in [6.07, 6.45) is 0.473. The van der Waals surface area contributed by atoms with Crippen LogP contribution >= 0.6 is 0 Å². The van der Waals surface area contributed by atoms with E-state index in [2.05, 4.69) is 29.8 Å². The van der Waals surface area contributed by atoms with Crippen LogP contribution in [-0.4, -0.2) is 50.6 Å². The van der Waals surface area contributed by atoms with Crippen molar-refractivity contribution in [1.82, 2.24) is 4.98 Å². The van der Waals surface area contributed by atoms with E-state index in [0.29, 0.717) is 24.0 Å². The van der Waals surface area contributed by atoms with E-state index in [1.54, 1.807) is 12.1 Å². The van der Waals surface area contributed by atoms with E-state index in [4.69, 9.17) is 9.47 Å². The van der Waals surface area contributed by atoms with Crippen LogP contribution in [0.5, 0.6) is 17.2 Å². The summed E-state index contributed by atoms with van der Waals surface area (Å²) in [5, 5.41) is 13.1. The smallest absolute Gasteiger partial charge is 0.175 e. The summed E-state index contributed by atoms with van der Waals surface area (Å²) in [4.78, 5) is 5.82. The number of nitrogens with zero attached hydrogens (tertiary/aromatic N) is 1. The van der Waals surface area contributed by atoms with Crippen LogP contribution in [0.3, 0.4) is 0 Å². The van der Waals surface area contributed by atoms with Crippen LogP contribution in [0, 0.1) is 5.92 Å². The molecule has 0 fully saturated rings. The van der Waals surface area contributed by atoms with E-state index in [-0.39, 0.29) is 11.5 Å². The van der Waals surface area contributed by atoms with Gasteiger partial charge in [0.05, 0.1) is 10.4 Å². The summed E-state index contributed by atoms with van der Waals surface area (Å²) < 4.78 is 35.4. The van der Waals surface area contributed by atoms with Gasteiger partial charge in [-0.15, -0.1) is 0 Å². The first-order valence-corrected chi connectivity index (χ1v) is 15.2. The maximum Gasteiger partial charge on any atom is 0.175 e. The van der Waals surface area contributed by atoms with E-state index in [0.717, 1.165) is 39.8 Å². The quantitative estimate of drug-likeness (QED) is 0.194. The number of ether oxygens (including phenoxy) is 2. The minimum Gasteiger partial charge on any atom is -0.490 e. The molecular formula is C32H34N2O5S. The van der Waals surface area contributed by atoms with Crippen LogP contribution in [0.1, 0.15) is 13.8 Å². The number of nitrogens with one attached hydrogen (secondary N) is 1. The van der Waals surface area contributed by atoms with Gasteiger partial charge in [0.25, 0.3) is 0 Å². The number of hydrogen-bond acceptors (Lipinski definition) is 6. The zero-order valence-corrected chi connectivity index (χ0v) is 23.7. The number of fused-ring (bicyclic) bond motifs is 3. The summed E-state index contributed by atoms with van der Waals surface area (Å²) in [5.41, 5.74) is 3.02. The van der Waals surface area contributed by atoms with Gasteiger partial charge >= 0.3 is 0 Å². The van der Waals surface area contributed by atoms with Gasteiger partial charge in [0, 0.05) is 41.3 Å². The second-order valence-electron chi connectivity index (χ2n) is 10.5. The molecule has 2 N–H and O–H groups in total. The van der Waals surface area contributed by atoms with Gasteiger partial charge in [0.1, 0.15) is 30.0 Å². The molecular weight excluding hydrogens is 524 g/mol. The number of aromatic amines is 1. The molecule has 0 unspecified atom stereocenters. The second-order valence-corrected chi connectivity index (χ2v) is 12.5. The normalized spacial score (nSPS) is 12.6. The Kier molecular flexibility index (Phi) is 8.00. The number of aliphatic hydroxyl groups excluding tert-OH is 1. The third kappa shape index (κ3) is 6.41. The molecule has 1 aromatic heterocycles. The predicted molar refractivity (Wildman–Crippen MR) is 160 cm³/mol. The summed E-state index contributed by atoms with van der Waals surface area (Å²) in [6, 6.07) is 28.1. The number of aliphatic hydroxyl groups is 1. The molecule has 1 atom stereocenters. The summed E-state index contributed by atoms with van der Waals surface area (Å²) in [7, 11) is -3.26. The van der Waals surface area contributed by atoms with Crippen LogP contribution in [0.2, 0.25) is 0 Å². The molecule has 1 heterocycles. The van der Waals surface area contributed by atoms with Crippen molar-refractivity contribution in [2.45, 2.75) is 24.8 Å². The highest BCUT2D eigenvalue weighted by atomic mass is 32.2. The minimum absolute atomic E-state index is 0.165. The summed E-state index contributed by atoms with van der Waals surface area (Å²) in [6.45, 7) is 5.63. The van der Waals surface area contributed by atoms with Crippen molar-refractivity contribution in [2.75, 3.05) is 30.9 Å². The number of benzene rings is 4. The largest absolute Gasteiger partial charge is 0.490 e. The van der Waals surface area contributed by atoms with E-state index in [1.165, 1.54) is 18.4 Å². The molecule has 0 saturated heterocycles. The van der Waals surface area contributed by atoms with Crippen molar-refractivity contribution in [3.63, 3.8) is 0 Å². The summed E-state index contributed by atoms with van der Waals surface area (Å²) in [5.74, 6) is 2.32. The molecule has 0 radical (unpaired) electrons. The summed E-state index contributed by atoms with van der Waals surface area (Å²) >= 11 is 0. The molecule has 0 saturated carbocycles. The number of anilines is 1. The average Bonchev–Trinajstić information content (AvgIpc) is 3.31. The van der Waals surface area contributed by atoms with Gasteiger partial charge in [-0.25, -0.2) is 8.42 Å². The Hall–Kier alpha value is -4.01. The Morgan fingerprint density at radius 1 is 0.825 bits per heavy atom. The monoisotopic (exact) mass is 558 g/mol. The molecule has 7 nitrogen and oxygen atoms in total. The first-order chi connectivity index (χ1) is 19.2. The maximum absolute atomic E-state index is 11.7. The second kappa shape index (κ2) is 11.6. The lowest BCUT2D eigenvalue weighted by atomic mass is 10.1. The SMILES string of the molecule is CC(C)CN(C[C@H](O)COc1cccc2[nH]c3ccccc3c12)c1ccc(Oc2ccc(S(C)(=O)=O)cc2)cc1. The third-order valence-electron chi connectivity index (χ3n) is 6.63. The fourth-order valence-corrected chi connectivity index (χ4v) is 5.45. The van der Waals surface area contributed by atoms with Gasteiger partial charge in [-0.05, 0) is 72.6 Å². The molecule has 8 heteroatoms. The van der Waals surface area contributed by atoms with Crippen molar-refractivity contribution in [3.8, 4) is 17.2 Å². The molecule has 0 spiro atoms. The van der Waals surface area contributed by atoms with E-state index in [9.17, 15) is 13.5 Å². The van der Waals surface area contributed by atoms with Gasteiger partial charge in [-0.1, -0.05) is 38.1 Å². The molecule has 0 bridgehead atoms. The fourth-order valence-electron chi connectivity index (χ4n) is 4.82. The topological polar surface area (TPSA) is 91.9 Å². The van der Waals surface area contributed by atoms with Crippen molar-refractivity contribution >= 4 is 37.3 Å². The van der Waals surface area contributed by atoms with E-state index < -0.39 is 15.9 Å². The molecule has 0 amide bonds. The Labute approximate surface area is 234 Å². The number of rotatable bonds is 11. The van der Waals surface area contributed by atoms with Gasteiger partial charge in [-0.2, -0.15) is 0 Å². The third-order valence-corrected chi connectivity index (χ3v) is 7.76.